The Labute approximate surface area is 113 Å². The molecule has 7 heteroatoms. The summed E-state index contributed by atoms with van der Waals surface area (Å²) in [5, 5.41) is 17.4. The fourth-order valence-corrected chi connectivity index (χ4v) is 1.69. The Morgan fingerprint density at radius 1 is 1.15 bits per heavy atom. The molecule has 1 unspecified atom stereocenters. The molecule has 108 valence electrons. The molecule has 0 bridgehead atoms. The van der Waals surface area contributed by atoms with Crippen LogP contribution in [-0.4, -0.2) is 15.3 Å². The maximum absolute atomic E-state index is 12.4. The number of rotatable bonds is 4. The first kappa shape index (κ1) is 14.5. The van der Waals surface area contributed by atoms with E-state index >= 15 is 0 Å². The van der Waals surface area contributed by atoms with Gasteiger partial charge in [-0.3, -0.25) is 0 Å². The topological polar surface area (TPSA) is 59.2 Å². The normalized spacial score (nSPS) is 13.4. The highest BCUT2D eigenvalue weighted by molar-refractivity contribution is 5.26. The Morgan fingerprint density at radius 2 is 1.75 bits per heavy atom. The van der Waals surface area contributed by atoms with Crippen molar-refractivity contribution in [2.45, 2.75) is 32.0 Å². The third kappa shape index (κ3) is 3.36. The zero-order valence-corrected chi connectivity index (χ0v) is 10.7. The van der Waals surface area contributed by atoms with Crippen molar-refractivity contribution in [3.05, 3.63) is 47.2 Å². The fraction of sp³-hybridized carbons (Fsp3) is 0.385. The van der Waals surface area contributed by atoms with Crippen LogP contribution in [0.2, 0.25) is 0 Å². The van der Waals surface area contributed by atoms with Crippen molar-refractivity contribution in [3.8, 4) is 0 Å². The predicted molar refractivity (Wildman–Crippen MR) is 63.8 cm³/mol. The van der Waals surface area contributed by atoms with Crippen LogP contribution >= 0.6 is 0 Å². The molecular formula is C13H13F3N2O2. The summed E-state index contributed by atoms with van der Waals surface area (Å²) in [6.45, 7) is 1.85. The molecule has 20 heavy (non-hydrogen) atoms. The molecular weight excluding hydrogens is 273 g/mol. The first-order valence-corrected chi connectivity index (χ1v) is 6.06. The predicted octanol–water partition coefficient (Wildman–Crippen LogP) is 2.93. The minimum Gasteiger partial charge on any atom is -0.425 e. The number of alkyl halides is 3. The van der Waals surface area contributed by atoms with E-state index in [1.807, 2.05) is 6.92 Å². The van der Waals surface area contributed by atoms with Gasteiger partial charge >= 0.3 is 6.18 Å². The van der Waals surface area contributed by atoms with Crippen LogP contribution in [-0.2, 0) is 19.0 Å². The second kappa shape index (κ2) is 5.62. The minimum absolute atomic E-state index is 0.0678. The van der Waals surface area contributed by atoms with Gasteiger partial charge in [0.1, 0.15) is 0 Å². The maximum atomic E-state index is 12.4. The van der Waals surface area contributed by atoms with Gasteiger partial charge < -0.3 is 9.52 Å². The van der Waals surface area contributed by atoms with E-state index in [0.29, 0.717) is 17.9 Å². The quantitative estimate of drug-likeness (QED) is 0.938. The molecule has 1 atom stereocenters. The van der Waals surface area contributed by atoms with Crippen molar-refractivity contribution in [1.29, 1.82) is 0 Å². The van der Waals surface area contributed by atoms with Crippen molar-refractivity contribution >= 4 is 0 Å². The monoisotopic (exact) mass is 286 g/mol. The van der Waals surface area contributed by atoms with Gasteiger partial charge in [-0.05, 0) is 17.7 Å². The number of nitrogens with zero attached hydrogens (tertiary/aromatic N) is 2. The molecule has 0 radical (unpaired) electrons. The number of halogens is 3. The molecule has 0 saturated carbocycles. The number of benzene rings is 1. The average Bonchev–Trinajstić information content (AvgIpc) is 2.85. The summed E-state index contributed by atoms with van der Waals surface area (Å²) >= 11 is 0. The van der Waals surface area contributed by atoms with Gasteiger partial charge in [0, 0.05) is 6.42 Å². The molecule has 0 aliphatic carbocycles. The number of aliphatic hydroxyl groups is 1. The van der Waals surface area contributed by atoms with E-state index in [9.17, 15) is 18.3 Å². The molecule has 0 amide bonds. The summed E-state index contributed by atoms with van der Waals surface area (Å²) in [7, 11) is 0. The molecule has 0 aliphatic rings. The summed E-state index contributed by atoms with van der Waals surface area (Å²) in [4.78, 5) is 0. The van der Waals surface area contributed by atoms with Crippen molar-refractivity contribution in [3.63, 3.8) is 0 Å². The Kier molecular flexibility index (Phi) is 4.08. The van der Waals surface area contributed by atoms with Crippen molar-refractivity contribution < 1.29 is 22.7 Å². The highest BCUT2D eigenvalue weighted by atomic mass is 19.4. The number of aromatic nitrogens is 2. The molecule has 0 aliphatic heterocycles. The van der Waals surface area contributed by atoms with E-state index in [0.717, 1.165) is 12.1 Å². The van der Waals surface area contributed by atoms with Crippen LogP contribution in [0.3, 0.4) is 0 Å². The highest BCUT2D eigenvalue weighted by Gasteiger charge is 2.30. The van der Waals surface area contributed by atoms with Crippen LogP contribution in [0.25, 0.3) is 0 Å². The lowest BCUT2D eigenvalue weighted by Gasteiger charge is -2.11. The first-order valence-electron chi connectivity index (χ1n) is 6.06. The van der Waals surface area contributed by atoms with Gasteiger partial charge in [0.05, 0.1) is 18.1 Å². The number of hydrogen-bond acceptors (Lipinski definition) is 4. The van der Waals surface area contributed by atoms with Gasteiger partial charge in [-0.1, -0.05) is 19.1 Å². The highest BCUT2D eigenvalue weighted by Crippen LogP contribution is 2.30. The second-order valence-corrected chi connectivity index (χ2v) is 4.28. The third-order valence-electron chi connectivity index (χ3n) is 2.80. The largest absolute Gasteiger partial charge is 0.425 e. The third-order valence-corrected chi connectivity index (χ3v) is 2.80. The Hall–Kier alpha value is -1.89. The minimum atomic E-state index is -4.38. The summed E-state index contributed by atoms with van der Waals surface area (Å²) in [6.07, 6.45) is -4.71. The van der Waals surface area contributed by atoms with Crippen LogP contribution in [0.4, 0.5) is 13.2 Å². The lowest BCUT2D eigenvalue weighted by atomic mass is 10.0. The van der Waals surface area contributed by atoms with Crippen LogP contribution in [0.1, 0.15) is 35.9 Å². The van der Waals surface area contributed by atoms with Gasteiger partial charge in [0.15, 0.2) is 0 Å². The molecule has 1 N–H and O–H groups in total. The van der Waals surface area contributed by atoms with Crippen LogP contribution in [0, 0.1) is 0 Å². The standard InChI is InChI=1S/C13H13F3N2O2/c1-2-11-17-18-12(20-11)7-10(19)8-3-5-9(6-4-8)13(14,15)16/h3-6,10,19H,2,7H2,1H3. The summed E-state index contributed by atoms with van der Waals surface area (Å²) in [5.41, 5.74) is -0.381. The van der Waals surface area contributed by atoms with Gasteiger partial charge in [0.2, 0.25) is 11.8 Å². The Bertz CT molecular complexity index is 564. The van der Waals surface area contributed by atoms with E-state index in [-0.39, 0.29) is 12.3 Å². The van der Waals surface area contributed by atoms with E-state index in [2.05, 4.69) is 10.2 Å². The molecule has 1 heterocycles. The van der Waals surface area contributed by atoms with E-state index in [1.165, 1.54) is 12.1 Å². The summed E-state index contributed by atoms with van der Waals surface area (Å²) in [5.74, 6) is 0.717. The molecule has 0 saturated heterocycles. The number of hydrogen-bond donors (Lipinski definition) is 1. The van der Waals surface area contributed by atoms with Crippen LogP contribution < -0.4 is 0 Å². The molecule has 2 aromatic rings. The molecule has 2 rings (SSSR count). The zero-order chi connectivity index (χ0) is 14.8. The number of aryl methyl sites for hydroxylation is 1. The van der Waals surface area contributed by atoms with Crippen molar-refractivity contribution in [2.75, 3.05) is 0 Å². The molecule has 4 nitrogen and oxygen atoms in total. The van der Waals surface area contributed by atoms with Gasteiger partial charge in [-0.2, -0.15) is 13.2 Å². The number of aliphatic hydroxyl groups excluding tert-OH is 1. The van der Waals surface area contributed by atoms with E-state index < -0.39 is 17.8 Å². The Balaban J connectivity index is 2.07. The smallest absolute Gasteiger partial charge is 0.416 e. The van der Waals surface area contributed by atoms with Crippen LogP contribution in [0.15, 0.2) is 28.7 Å². The van der Waals surface area contributed by atoms with E-state index in [1.54, 1.807) is 0 Å². The summed E-state index contributed by atoms with van der Waals surface area (Å²) < 4.78 is 42.5. The van der Waals surface area contributed by atoms with Crippen molar-refractivity contribution in [2.24, 2.45) is 0 Å². The zero-order valence-electron chi connectivity index (χ0n) is 10.7. The molecule has 1 aromatic carbocycles. The second-order valence-electron chi connectivity index (χ2n) is 4.28. The molecule has 1 aromatic heterocycles. The SMILES string of the molecule is CCc1nnc(CC(O)c2ccc(C(F)(F)F)cc2)o1. The van der Waals surface area contributed by atoms with Gasteiger partial charge in [0.25, 0.3) is 0 Å². The first-order chi connectivity index (χ1) is 9.40. The maximum Gasteiger partial charge on any atom is 0.416 e. The fourth-order valence-electron chi connectivity index (χ4n) is 1.69. The van der Waals surface area contributed by atoms with Crippen molar-refractivity contribution in [1.82, 2.24) is 10.2 Å². The van der Waals surface area contributed by atoms with Gasteiger partial charge in [-0.15, -0.1) is 10.2 Å². The lowest BCUT2D eigenvalue weighted by Crippen LogP contribution is -2.06. The van der Waals surface area contributed by atoms with Gasteiger partial charge in [-0.25, -0.2) is 0 Å². The molecule has 0 fully saturated rings. The lowest BCUT2D eigenvalue weighted by molar-refractivity contribution is -0.137. The van der Waals surface area contributed by atoms with E-state index in [4.69, 9.17) is 4.42 Å². The van der Waals surface area contributed by atoms with Crippen LogP contribution in [0.5, 0.6) is 0 Å². The summed E-state index contributed by atoms with van der Waals surface area (Å²) in [6, 6.07) is 4.35. The average molecular weight is 286 g/mol. The Morgan fingerprint density at radius 3 is 2.25 bits per heavy atom. The molecule has 0 spiro atoms.